The Kier molecular flexibility index (Phi) is 4.75. The topological polar surface area (TPSA) is 56.8 Å². The molecule has 0 amide bonds. The first-order chi connectivity index (χ1) is 8.49. The van der Waals surface area contributed by atoms with Crippen LogP contribution in [0, 0.1) is 34.5 Å². The molecule has 1 rings (SSSR count). The molecule has 0 saturated carbocycles. The lowest BCUT2D eigenvalue weighted by atomic mass is 9.96. The van der Waals surface area contributed by atoms with Gasteiger partial charge in [-0.1, -0.05) is 27.7 Å². The van der Waals surface area contributed by atoms with E-state index < -0.39 is 0 Å². The van der Waals surface area contributed by atoms with Crippen molar-refractivity contribution in [3.8, 4) is 17.9 Å². The molecule has 0 aliphatic rings. The van der Waals surface area contributed by atoms with Crippen LogP contribution in [0.5, 0.6) is 5.75 Å². The van der Waals surface area contributed by atoms with Crippen molar-refractivity contribution in [2.45, 2.75) is 33.8 Å². The number of nitrogens with zero attached hydrogens (tertiary/aromatic N) is 2. The summed E-state index contributed by atoms with van der Waals surface area (Å²) in [5, 5.41) is 17.8. The molecule has 1 aromatic rings. The average Bonchev–Trinajstić information content (AvgIpc) is 2.34. The minimum absolute atomic E-state index is 0.101. The van der Waals surface area contributed by atoms with Gasteiger partial charge in [-0.3, -0.25) is 0 Å². The van der Waals surface area contributed by atoms with E-state index in [4.69, 9.17) is 15.3 Å². The molecular formula is C15H18N2O. The maximum atomic E-state index is 8.97. The zero-order valence-electron chi connectivity index (χ0n) is 11.3. The summed E-state index contributed by atoms with van der Waals surface area (Å²) in [7, 11) is 0. The Labute approximate surface area is 109 Å². The van der Waals surface area contributed by atoms with Gasteiger partial charge in [0.1, 0.15) is 24.0 Å². The van der Waals surface area contributed by atoms with Gasteiger partial charge in [0.05, 0.1) is 11.1 Å². The van der Waals surface area contributed by atoms with Crippen LogP contribution in [0.4, 0.5) is 0 Å². The third-order valence-corrected chi connectivity index (χ3v) is 2.82. The minimum Gasteiger partial charge on any atom is -0.490 e. The highest BCUT2D eigenvalue weighted by molar-refractivity contribution is 5.49. The largest absolute Gasteiger partial charge is 0.490 e. The number of rotatable bonds is 4. The number of nitriles is 2. The van der Waals surface area contributed by atoms with Crippen molar-refractivity contribution in [3.05, 3.63) is 29.3 Å². The summed E-state index contributed by atoms with van der Waals surface area (Å²) in [6.45, 7) is 8.44. The highest BCUT2D eigenvalue weighted by atomic mass is 16.5. The van der Waals surface area contributed by atoms with Gasteiger partial charge in [-0.15, -0.1) is 0 Å². The lowest BCUT2D eigenvalue weighted by molar-refractivity contribution is 0.105. The summed E-state index contributed by atoms with van der Waals surface area (Å²) in [5.74, 6) is 1.44. The molecule has 0 fully saturated rings. The van der Waals surface area contributed by atoms with Gasteiger partial charge in [-0.05, 0) is 30.0 Å². The van der Waals surface area contributed by atoms with Crippen LogP contribution in [0.2, 0.25) is 0 Å². The van der Waals surface area contributed by atoms with E-state index in [1.54, 1.807) is 18.2 Å². The molecule has 0 aromatic heterocycles. The smallest absolute Gasteiger partial charge is 0.121 e. The number of hydrogen-bond donors (Lipinski definition) is 0. The maximum Gasteiger partial charge on any atom is 0.121 e. The Balaban J connectivity index is 2.99. The molecule has 0 N–H and O–H groups in total. The van der Waals surface area contributed by atoms with Crippen LogP contribution in [0.3, 0.4) is 0 Å². The lowest BCUT2D eigenvalue weighted by Gasteiger charge is -2.26. The summed E-state index contributed by atoms with van der Waals surface area (Å²) in [5.41, 5.74) is 0.747. The van der Waals surface area contributed by atoms with Crippen molar-refractivity contribution in [1.82, 2.24) is 0 Å². The fraction of sp³-hybridized carbons (Fsp3) is 0.467. The predicted molar refractivity (Wildman–Crippen MR) is 70.0 cm³/mol. The molecule has 0 spiro atoms. The normalized spacial score (nSPS) is 10.5. The molecule has 0 radical (unpaired) electrons. The standard InChI is InChI=1S/C15H18N2O/c1-10(2)15(11(3)4)18-14-6-5-12(8-16)13(7-14)9-17/h5-7,10-11,15H,1-4H3. The number of ether oxygens (including phenoxy) is 1. The van der Waals surface area contributed by atoms with Gasteiger partial charge < -0.3 is 4.74 Å². The van der Waals surface area contributed by atoms with Crippen LogP contribution >= 0.6 is 0 Å². The van der Waals surface area contributed by atoms with Gasteiger partial charge in [-0.25, -0.2) is 0 Å². The fourth-order valence-electron chi connectivity index (χ4n) is 1.99. The highest BCUT2D eigenvalue weighted by Gasteiger charge is 2.19. The summed E-state index contributed by atoms with van der Waals surface area (Å²) in [6, 6.07) is 9.02. The van der Waals surface area contributed by atoms with E-state index in [-0.39, 0.29) is 6.10 Å². The Morgan fingerprint density at radius 1 is 0.944 bits per heavy atom. The highest BCUT2D eigenvalue weighted by Crippen LogP contribution is 2.23. The van der Waals surface area contributed by atoms with Crippen LogP contribution < -0.4 is 4.74 Å². The predicted octanol–water partition coefficient (Wildman–Crippen LogP) is 3.49. The van der Waals surface area contributed by atoms with Crippen molar-refractivity contribution in [1.29, 1.82) is 10.5 Å². The van der Waals surface area contributed by atoms with Gasteiger partial charge in [-0.2, -0.15) is 10.5 Å². The maximum absolute atomic E-state index is 8.97. The van der Waals surface area contributed by atoms with Crippen molar-refractivity contribution >= 4 is 0 Å². The molecule has 94 valence electrons. The van der Waals surface area contributed by atoms with E-state index in [1.165, 1.54) is 0 Å². The molecule has 0 bridgehead atoms. The molecular weight excluding hydrogens is 224 g/mol. The van der Waals surface area contributed by atoms with Gasteiger partial charge in [0.25, 0.3) is 0 Å². The average molecular weight is 242 g/mol. The monoisotopic (exact) mass is 242 g/mol. The Morgan fingerprint density at radius 3 is 1.94 bits per heavy atom. The molecule has 18 heavy (non-hydrogen) atoms. The lowest BCUT2D eigenvalue weighted by Crippen LogP contribution is -2.28. The van der Waals surface area contributed by atoms with Gasteiger partial charge in [0.15, 0.2) is 0 Å². The second-order valence-electron chi connectivity index (χ2n) is 5.00. The van der Waals surface area contributed by atoms with Crippen LogP contribution in [-0.4, -0.2) is 6.10 Å². The van der Waals surface area contributed by atoms with E-state index >= 15 is 0 Å². The summed E-state index contributed by atoms with van der Waals surface area (Å²) in [6.07, 6.45) is 0.101. The Bertz CT molecular complexity index is 484. The van der Waals surface area contributed by atoms with Crippen LogP contribution in [-0.2, 0) is 0 Å². The second kappa shape index (κ2) is 6.07. The molecule has 0 unspecified atom stereocenters. The number of hydrogen-bond acceptors (Lipinski definition) is 3. The van der Waals surface area contributed by atoms with E-state index in [9.17, 15) is 0 Å². The summed E-state index contributed by atoms with van der Waals surface area (Å²) < 4.78 is 5.92. The SMILES string of the molecule is CC(C)C(Oc1ccc(C#N)c(C#N)c1)C(C)C. The Hall–Kier alpha value is -2.00. The third-order valence-electron chi connectivity index (χ3n) is 2.82. The van der Waals surface area contributed by atoms with Gasteiger partial charge in [0, 0.05) is 0 Å². The molecule has 0 saturated heterocycles. The molecule has 0 atom stereocenters. The molecule has 1 aromatic carbocycles. The summed E-state index contributed by atoms with van der Waals surface area (Å²) >= 11 is 0. The third kappa shape index (κ3) is 3.25. The van der Waals surface area contributed by atoms with E-state index in [0.717, 1.165) is 0 Å². The zero-order valence-corrected chi connectivity index (χ0v) is 11.3. The molecule has 0 aliphatic carbocycles. The zero-order chi connectivity index (χ0) is 13.7. The van der Waals surface area contributed by atoms with E-state index in [1.807, 2.05) is 12.1 Å². The molecule has 3 heteroatoms. The molecule has 0 heterocycles. The van der Waals surface area contributed by atoms with E-state index in [0.29, 0.717) is 28.7 Å². The number of benzene rings is 1. The van der Waals surface area contributed by atoms with Crippen LogP contribution in [0.1, 0.15) is 38.8 Å². The van der Waals surface area contributed by atoms with Crippen molar-refractivity contribution < 1.29 is 4.74 Å². The van der Waals surface area contributed by atoms with Gasteiger partial charge in [0.2, 0.25) is 0 Å². The quantitative estimate of drug-likeness (QED) is 0.812. The van der Waals surface area contributed by atoms with Crippen molar-refractivity contribution in [3.63, 3.8) is 0 Å². The molecule has 3 nitrogen and oxygen atoms in total. The van der Waals surface area contributed by atoms with Gasteiger partial charge >= 0.3 is 0 Å². The first-order valence-electron chi connectivity index (χ1n) is 6.10. The van der Waals surface area contributed by atoms with Crippen LogP contribution in [0.15, 0.2) is 18.2 Å². The van der Waals surface area contributed by atoms with Crippen molar-refractivity contribution in [2.24, 2.45) is 11.8 Å². The first-order valence-corrected chi connectivity index (χ1v) is 6.10. The second-order valence-corrected chi connectivity index (χ2v) is 5.00. The summed E-state index contributed by atoms with van der Waals surface area (Å²) in [4.78, 5) is 0. The molecule has 0 aliphatic heterocycles. The minimum atomic E-state index is 0.101. The Morgan fingerprint density at radius 2 is 1.50 bits per heavy atom. The van der Waals surface area contributed by atoms with Crippen molar-refractivity contribution in [2.75, 3.05) is 0 Å². The van der Waals surface area contributed by atoms with Crippen LogP contribution in [0.25, 0.3) is 0 Å². The van der Waals surface area contributed by atoms with E-state index in [2.05, 4.69) is 27.7 Å². The first kappa shape index (κ1) is 14.1. The fourth-order valence-corrected chi connectivity index (χ4v) is 1.99.